The van der Waals surface area contributed by atoms with Gasteiger partial charge in [0, 0.05) is 18.8 Å². The van der Waals surface area contributed by atoms with Crippen molar-refractivity contribution < 1.29 is 4.39 Å². The Morgan fingerprint density at radius 2 is 2.14 bits per heavy atom. The van der Waals surface area contributed by atoms with Crippen LogP contribution in [0.1, 0.15) is 23.7 Å². The molecule has 3 rings (SSSR count). The number of hydrogen-bond donors (Lipinski definition) is 0. The van der Waals surface area contributed by atoms with Crippen LogP contribution in [0.25, 0.3) is 11.0 Å². The van der Waals surface area contributed by atoms with E-state index in [1.807, 2.05) is 35.5 Å². The van der Waals surface area contributed by atoms with Crippen molar-refractivity contribution in [2.24, 2.45) is 0 Å². The minimum absolute atomic E-state index is 0.236. The number of aromatic nitrogens is 4. The van der Waals surface area contributed by atoms with Gasteiger partial charge in [-0.2, -0.15) is 5.10 Å². The quantitative estimate of drug-likeness (QED) is 0.689. The highest BCUT2D eigenvalue weighted by atomic mass is 35.5. The van der Waals surface area contributed by atoms with Crippen LogP contribution in [-0.4, -0.2) is 19.3 Å². The fourth-order valence-electron chi connectivity index (χ4n) is 2.45. The number of halogens is 2. The SMILES string of the molecule is Cc1cnn(CCn2c(C(C)Cl)nc3cc(F)ccc32)c1. The van der Waals surface area contributed by atoms with Gasteiger partial charge in [0.05, 0.1) is 29.2 Å². The van der Waals surface area contributed by atoms with Gasteiger partial charge in [0.25, 0.3) is 0 Å². The lowest BCUT2D eigenvalue weighted by Crippen LogP contribution is -2.11. The van der Waals surface area contributed by atoms with Gasteiger partial charge in [-0.05, 0) is 31.5 Å². The van der Waals surface area contributed by atoms with Crippen molar-refractivity contribution >= 4 is 22.6 Å². The van der Waals surface area contributed by atoms with Gasteiger partial charge >= 0.3 is 0 Å². The molecule has 2 aromatic heterocycles. The first kappa shape index (κ1) is 14.1. The van der Waals surface area contributed by atoms with E-state index >= 15 is 0 Å². The molecule has 0 bridgehead atoms. The summed E-state index contributed by atoms with van der Waals surface area (Å²) in [5.74, 6) is 0.463. The molecule has 1 atom stereocenters. The Balaban J connectivity index is 1.97. The Morgan fingerprint density at radius 1 is 1.33 bits per heavy atom. The Hall–Kier alpha value is -1.88. The minimum atomic E-state index is -0.288. The van der Waals surface area contributed by atoms with Crippen LogP contribution in [-0.2, 0) is 13.1 Å². The summed E-state index contributed by atoms with van der Waals surface area (Å²) in [4.78, 5) is 4.45. The second-order valence-corrected chi connectivity index (χ2v) is 5.81. The zero-order valence-electron chi connectivity index (χ0n) is 11.9. The molecule has 0 aliphatic rings. The summed E-state index contributed by atoms with van der Waals surface area (Å²) < 4.78 is 17.2. The summed E-state index contributed by atoms with van der Waals surface area (Å²) in [5.41, 5.74) is 2.65. The highest BCUT2D eigenvalue weighted by Gasteiger charge is 2.15. The Labute approximate surface area is 127 Å². The van der Waals surface area contributed by atoms with E-state index in [9.17, 15) is 4.39 Å². The second-order valence-electron chi connectivity index (χ2n) is 5.15. The van der Waals surface area contributed by atoms with E-state index < -0.39 is 0 Å². The lowest BCUT2D eigenvalue weighted by atomic mass is 10.3. The maximum absolute atomic E-state index is 13.3. The van der Waals surface area contributed by atoms with E-state index in [0.29, 0.717) is 18.6 Å². The van der Waals surface area contributed by atoms with Crippen LogP contribution in [0, 0.1) is 12.7 Å². The number of aryl methyl sites for hydroxylation is 3. The monoisotopic (exact) mass is 306 g/mol. The third-order valence-corrected chi connectivity index (χ3v) is 3.61. The number of rotatable bonds is 4. The van der Waals surface area contributed by atoms with Crippen LogP contribution in [0.3, 0.4) is 0 Å². The van der Waals surface area contributed by atoms with E-state index in [1.54, 1.807) is 6.07 Å². The number of benzene rings is 1. The predicted molar refractivity (Wildman–Crippen MR) is 80.9 cm³/mol. The van der Waals surface area contributed by atoms with Gasteiger partial charge in [0.15, 0.2) is 0 Å². The van der Waals surface area contributed by atoms with Crippen molar-refractivity contribution in [3.63, 3.8) is 0 Å². The van der Waals surface area contributed by atoms with Crippen LogP contribution in [0.15, 0.2) is 30.6 Å². The van der Waals surface area contributed by atoms with Crippen LogP contribution in [0.4, 0.5) is 4.39 Å². The molecule has 0 saturated carbocycles. The molecule has 6 heteroatoms. The van der Waals surface area contributed by atoms with E-state index in [-0.39, 0.29) is 11.2 Å². The highest BCUT2D eigenvalue weighted by Crippen LogP contribution is 2.25. The van der Waals surface area contributed by atoms with Gasteiger partial charge < -0.3 is 4.57 Å². The number of fused-ring (bicyclic) bond motifs is 1. The summed E-state index contributed by atoms with van der Waals surface area (Å²) in [7, 11) is 0. The van der Waals surface area contributed by atoms with Crippen LogP contribution < -0.4 is 0 Å². The first-order valence-electron chi connectivity index (χ1n) is 6.83. The van der Waals surface area contributed by atoms with Gasteiger partial charge in [-0.1, -0.05) is 0 Å². The molecule has 0 aliphatic carbocycles. The smallest absolute Gasteiger partial charge is 0.127 e. The highest BCUT2D eigenvalue weighted by molar-refractivity contribution is 6.20. The fraction of sp³-hybridized carbons (Fsp3) is 0.333. The number of imidazole rings is 1. The van der Waals surface area contributed by atoms with Crippen molar-refractivity contribution in [2.75, 3.05) is 0 Å². The van der Waals surface area contributed by atoms with Crippen molar-refractivity contribution in [3.05, 3.63) is 47.8 Å². The summed E-state index contributed by atoms with van der Waals surface area (Å²) in [5, 5.41) is 4.04. The van der Waals surface area contributed by atoms with Crippen molar-refractivity contribution in [3.8, 4) is 0 Å². The van der Waals surface area contributed by atoms with Gasteiger partial charge in [0.1, 0.15) is 11.6 Å². The molecule has 1 aromatic carbocycles. The predicted octanol–water partition coefficient (Wildman–Crippen LogP) is 3.68. The molecule has 0 N–H and O–H groups in total. The standard InChI is InChI=1S/C15H16ClFN4/c1-10-8-18-20(9-10)5-6-21-14-4-3-12(17)7-13(14)19-15(21)11(2)16/h3-4,7-9,11H,5-6H2,1-2H3. The van der Waals surface area contributed by atoms with E-state index in [0.717, 1.165) is 16.9 Å². The molecule has 4 nitrogen and oxygen atoms in total. The average molecular weight is 307 g/mol. The number of hydrogen-bond acceptors (Lipinski definition) is 2. The molecule has 1 unspecified atom stereocenters. The molecule has 110 valence electrons. The zero-order chi connectivity index (χ0) is 15.0. The zero-order valence-corrected chi connectivity index (χ0v) is 12.7. The first-order valence-corrected chi connectivity index (χ1v) is 7.27. The number of nitrogens with zero attached hydrogens (tertiary/aromatic N) is 4. The topological polar surface area (TPSA) is 35.6 Å². The molecule has 3 aromatic rings. The van der Waals surface area contributed by atoms with Gasteiger partial charge in [-0.15, -0.1) is 11.6 Å². The summed E-state index contributed by atoms with van der Waals surface area (Å²) >= 11 is 6.21. The first-order chi connectivity index (χ1) is 10.0. The maximum atomic E-state index is 13.3. The van der Waals surface area contributed by atoms with Gasteiger partial charge in [-0.25, -0.2) is 9.37 Å². The average Bonchev–Trinajstić information content (AvgIpc) is 2.99. The minimum Gasteiger partial charge on any atom is -0.325 e. The van der Waals surface area contributed by atoms with Crippen LogP contribution >= 0.6 is 11.6 Å². The normalized spacial score (nSPS) is 13.0. The van der Waals surface area contributed by atoms with Crippen molar-refractivity contribution in [2.45, 2.75) is 32.3 Å². The summed E-state index contributed by atoms with van der Waals surface area (Å²) in [6, 6.07) is 4.63. The molecule has 0 amide bonds. The Kier molecular flexibility index (Phi) is 3.68. The summed E-state index contributed by atoms with van der Waals surface area (Å²) in [6.45, 7) is 5.28. The summed E-state index contributed by atoms with van der Waals surface area (Å²) in [6.07, 6.45) is 3.81. The molecule has 0 saturated heterocycles. The molecule has 0 spiro atoms. The van der Waals surface area contributed by atoms with Crippen LogP contribution in [0.5, 0.6) is 0 Å². The largest absolute Gasteiger partial charge is 0.325 e. The van der Waals surface area contributed by atoms with E-state index in [1.165, 1.54) is 12.1 Å². The second kappa shape index (κ2) is 5.48. The van der Waals surface area contributed by atoms with Gasteiger partial charge in [-0.3, -0.25) is 4.68 Å². The van der Waals surface area contributed by atoms with Crippen molar-refractivity contribution in [1.29, 1.82) is 0 Å². The molecule has 0 fully saturated rings. The molecule has 2 heterocycles. The Bertz CT molecular complexity index is 775. The third-order valence-electron chi connectivity index (χ3n) is 3.41. The lowest BCUT2D eigenvalue weighted by molar-refractivity contribution is 0.528. The van der Waals surface area contributed by atoms with Crippen molar-refractivity contribution in [1.82, 2.24) is 19.3 Å². The third kappa shape index (κ3) is 2.78. The molecular formula is C15H16ClFN4. The van der Waals surface area contributed by atoms with Crippen LogP contribution in [0.2, 0.25) is 0 Å². The molecule has 0 radical (unpaired) electrons. The molecule has 21 heavy (non-hydrogen) atoms. The number of alkyl halides is 1. The molecular weight excluding hydrogens is 291 g/mol. The molecule has 0 aliphatic heterocycles. The van der Waals surface area contributed by atoms with E-state index in [2.05, 4.69) is 10.1 Å². The van der Waals surface area contributed by atoms with E-state index in [4.69, 9.17) is 11.6 Å². The Morgan fingerprint density at radius 3 is 2.81 bits per heavy atom. The van der Waals surface area contributed by atoms with Gasteiger partial charge in [0.2, 0.25) is 0 Å². The lowest BCUT2D eigenvalue weighted by Gasteiger charge is -2.10. The maximum Gasteiger partial charge on any atom is 0.127 e. The fourth-order valence-corrected chi connectivity index (χ4v) is 2.62.